The van der Waals surface area contributed by atoms with Crippen LogP contribution < -0.4 is 9.47 Å². The van der Waals surface area contributed by atoms with Crippen LogP contribution in [0.25, 0.3) is 0 Å². The third-order valence-corrected chi connectivity index (χ3v) is 3.12. The van der Waals surface area contributed by atoms with Crippen molar-refractivity contribution in [2.45, 2.75) is 20.8 Å². The van der Waals surface area contributed by atoms with E-state index in [-0.39, 0.29) is 23.2 Å². The minimum Gasteiger partial charge on any atom is -0.480 e. The minimum absolute atomic E-state index is 0.131. The van der Waals surface area contributed by atoms with Crippen molar-refractivity contribution in [1.29, 1.82) is 0 Å². The van der Waals surface area contributed by atoms with Gasteiger partial charge in [0.2, 0.25) is 17.5 Å². The molecule has 0 fully saturated rings. The van der Waals surface area contributed by atoms with E-state index in [1.54, 1.807) is 6.92 Å². The maximum atomic E-state index is 12.6. The van der Waals surface area contributed by atoms with Crippen LogP contribution in [0.4, 0.5) is 0 Å². The van der Waals surface area contributed by atoms with Crippen LogP contribution in [0.5, 0.6) is 11.8 Å². The van der Waals surface area contributed by atoms with Crippen LogP contribution in [0.15, 0.2) is 10.6 Å². The number of aryl methyl sites for hydroxylation is 2. The molecule has 2 aromatic rings. The highest BCUT2D eigenvalue weighted by Crippen LogP contribution is 2.26. The van der Waals surface area contributed by atoms with Gasteiger partial charge in [-0.2, -0.15) is 4.98 Å². The van der Waals surface area contributed by atoms with Crippen molar-refractivity contribution in [3.05, 3.63) is 34.5 Å². The zero-order chi connectivity index (χ0) is 14.9. The molecule has 0 unspecified atom stereocenters. The second-order valence-electron chi connectivity index (χ2n) is 4.31. The topological polar surface area (TPSA) is 74.5 Å². The summed E-state index contributed by atoms with van der Waals surface area (Å²) in [6.45, 7) is 5.40. The van der Waals surface area contributed by atoms with Crippen LogP contribution >= 0.6 is 0 Å². The molecule has 0 saturated heterocycles. The highest BCUT2D eigenvalue weighted by atomic mass is 16.5. The summed E-state index contributed by atoms with van der Waals surface area (Å²) in [5.74, 6) is 1.42. The van der Waals surface area contributed by atoms with Gasteiger partial charge < -0.3 is 13.9 Å². The smallest absolute Gasteiger partial charge is 0.247 e. The molecular formula is C14H16N2O4. The van der Waals surface area contributed by atoms with Crippen molar-refractivity contribution in [3.8, 4) is 11.8 Å². The van der Waals surface area contributed by atoms with Gasteiger partial charge >= 0.3 is 0 Å². The summed E-state index contributed by atoms with van der Waals surface area (Å²) in [5.41, 5.74) is 1.44. The Morgan fingerprint density at radius 3 is 2.35 bits per heavy atom. The van der Waals surface area contributed by atoms with Gasteiger partial charge in [-0.25, -0.2) is 4.98 Å². The van der Waals surface area contributed by atoms with Crippen LogP contribution in [0.3, 0.4) is 0 Å². The van der Waals surface area contributed by atoms with E-state index in [1.165, 1.54) is 20.4 Å². The number of hydrogen-bond acceptors (Lipinski definition) is 6. The quantitative estimate of drug-likeness (QED) is 0.797. The van der Waals surface area contributed by atoms with Gasteiger partial charge in [0.15, 0.2) is 5.69 Å². The van der Waals surface area contributed by atoms with Gasteiger partial charge in [0.1, 0.15) is 11.5 Å². The Morgan fingerprint density at radius 2 is 1.85 bits per heavy atom. The lowest BCUT2D eigenvalue weighted by molar-refractivity contribution is 0.102. The van der Waals surface area contributed by atoms with E-state index in [2.05, 4.69) is 9.97 Å². The van der Waals surface area contributed by atoms with Crippen molar-refractivity contribution < 1.29 is 18.7 Å². The van der Waals surface area contributed by atoms with Crippen LogP contribution in [-0.4, -0.2) is 30.0 Å². The maximum absolute atomic E-state index is 12.6. The fourth-order valence-corrected chi connectivity index (χ4v) is 2.00. The molecule has 0 aliphatic heterocycles. The van der Waals surface area contributed by atoms with E-state index in [1.807, 2.05) is 13.8 Å². The number of furan rings is 1. The molecule has 2 rings (SSSR count). The standard InChI is InChI=1S/C14H16N2O4/c1-7-8(2)20-9(3)11(7)13(17)12-14(19-5)16-10(18-4)6-15-12/h6H,1-5H3. The molecule has 2 heterocycles. The van der Waals surface area contributed by atoms with E-state index in [9.17, 15) is 4.79 Å². The number of carbonyl (C=O) groups excluding carboxylic acids is 1. The van der Waals surface area contributed by atoms with Gasteiger partial charge in [0.25, 0.3) is 0 Å². The van der Waals surface area contributed by atoms with Gasteiger partial charge in [-0.05, 0) is 20.8 Å². The van der Waals surface area contributed by atoms with Crippen LogP contribution in [0, 0.1) is 20.8 Å². The fraction of sp³-hybridized carbons (Fsp3) is 0.357. The number of ether oxygens (including phenoxy) is 2. The first kappa shape index (κ1) is 14.0. The summed E-state index contributed by atoms with van der Waals surface area (Å²) in [4.78, 5) is 20.7. The molecule has 0 saturated carbocycles. The summed E-state index contributed by atoms with van der Waals surface area (Å²) in [6.07, 6.45) is 1.38. The molecule has 6 nitrogen and oxygen atoms in total. The van der Waals surface area contributed by atoms with Gasteiger partial charge in [-0.15, -0.1) is 0 Å². The normalized spacial score (nSPS) is 10.4. The lowest BCUT2D eigenvalue weighted by Gasteiger charge is -2.07. The summed E-state index contributed by atoms with van der Waals surface area (Å²) < 4.78 is 15.5. The Labute approximate surface area is 116 Å². The van der Waals surface area contributed by atoms with E-state index in [0.717, 1.165) is 5.56 Å². The molecule has 0 N–H and O–H groups in total. The largest absolute Gasteiger partial charge is 0.480 e. The second kappa shape index (κ2) is 5.32. The van der Waals surface area contributed by atoms with Crippen molar-refractivity contribution in [2.75, 3.05) is 14.2 Å². The molecule has 6 heteroatoms. The van der Waals surface area contributed by atoms with Gasteiger partial charge in [-0.3, -0.25) is 4.79 Å². The number of ketones is 1. The third kappa shape index (κ3) is 2.24. The Kier molecular flexibility index (Phi) is 3.74. The SMILES string of the molecule is COc1cnc(C(=O)c2c(C)oc(C)c2C)c(OC)n1. The molecule has 0 amide bonds. The third-order valence-electron chi connectivity index (χ3n) is 3.12. The number of methoxy groups -OCH3 is 2. The molecule has 0 aromatic carbocycles. The molecule has 0 spiro atoms. The summed E-state index contributed by atoms with van der Waals surface area (Å²) in [6, 6.07) is 0. The first-order chi connectivity index (χ1) is 9.49. The van der Waals surface area contributed by atoms with Crippen molar-refractivity contribution >= 4 is 5.78 Å². The molecule has 0 atom stereocenters. The Balaban J connectivity index is 2.53. The lowest BCUT2D eigenvalue weighted by atomic mass is 10.0. The second-order valence-corrected chi connectivity index (χ2v) is 4.31. The number of hydrogen-bond donors (Lipinski definition) is 0. The average molecular weight is 276 g/mol. The van der Waals surface area contributed by atoms with Gasteiger partial charge in [0, 0.05) is 5.56 Å². The van der Waals surface area contributed by atoms with Crippen LogP contribution in [0.2, 0.25) is 0 Å². The predicted octanol–water partition coefficient (Wildman–Crippen LogP) is 2.24. The number of nitrogens with zero attached hydrogens (tertiary/aromatic N) is 2. The Hall–Kier alpha value is -2.37. The van der Waals surface area contributed by atoms with Gasteiger partial charge in [-0.1, -0.05) is 0 Å². The highest BCUT2D eigenvalue weighted by Gasteiger charge is 2.25. The summed E-state index contributed by atoms with van der Waals surface area (Å²) >= 11 is 0. The molecule has 20 heavy (non-hydrogen) atoms. The van der Waals surface area contributed by atoms with Crippen molar-refractivity contribution in [3.63, 3.8) is 0 Å². The highest BCUT2D eigenvalue weighted by molar-refractivity contribution is 6.10. The lowest BCUT2D eigenvalue weighted by Crippen LogP contribution is -2.10. The molecule has 106 valence electrons. The zero-order valence-electron chi connectivity index (χ0n) is 12.1. The predicted molar refractivity (Wildman–Crippen MR) is 71.5 cm³/mol. The van der Waals surface area contributed by atoms with Gasteiger partial charge in [0.05, 0.1) is 26.0 Å². The minimum atomic E-state index is -0.274. The number of aromatic nitrogens is 2. The Morgan fingerprint density at radius 1 is 1.15 bits per heavy atom. The molecule has 2 aromatic heterocycles. The number of carbonyl (C=O) groups is 1. The first-order valence-electron chi connectivity index (χ1n) is 6.05. The molecule has 0 bridgehead atoms. The monoisotopic (exact) mass is 276 g/mol. The zero-order valence-corrected chi connectivity index (χ0v) is 12.1. The Bertz CT molecular complexity index is 661. The summed E-state index contributed by atoms with van der Waals surface area (Å²) in [5, 5.41) is 0. The van der Waals surface area contributed by atoms with E-state index in [0.29, 0.717) is 17.1 Å². The van der Waals surface area contributed by atoms with Crippen LogP contribution in [0.1, 0.15) is 33.1 Å². The maximum Gasteiger partial charge on any atom is 0.247 e. The van der Waals surface area contributed by atoms with Crippen LogP contribution in [-0.2, 0) is 0 Å². The summed E-state index contributed by atoms with van der Waals surface area (Å²) in [7, 11) is 2.90. The molecule has 0 aliphatic rings. The van der Waals surface area contributed by atoms with E-state index >= 15 is 0 Å². The fourth-order valence-electron chi connectivity index (χ4n) is 2.00. The average Bonchev–Trinajstić information content (AvgIpc) is 2.70. The number of rotatable bonds is 4. The van der Waals surface area contributed by atoms with Crippen molar-refractivity contribution in [2.24, 2.45) is 0 Å². The first-order valence-corrected chi connectivity index (χ1v) is 6.05. The van der Waals surface area contributed by atoms with E-state index in [4.69, 9.17) is 13.9 Å². The van der Waals surface area contributed by atoms with Crippen molar-refractivity contribution in [1.82, 2.24) is 9.97 Å². The van der Waals surface area contributed by atoms with E-state index < -0.39 is 0 Å². The molecular weight excluding hydrogens is 260 g/mol. The molecule has 0 aliphatic carbocycles. The molecule has 0 radical (unpaired) electrons.